The molecule has 0 atom stereocenters. The second-order valence-electron chi connectivity index (χ2n) is 7.89. The van der Waals surface area contributed by atoms with Gasteiger partial charge in [0.1, 0.15) is 40.6 Å². The normalized spacial score (nSPS) is 11.3. The van der Waals surface area contributed by atoms with Gasteiger partial charge < -0.3 is 9.47 Å². The van der Waals surface area contributed by atoms with Gasteiger partial charge in [-0.15, -0.1) is 0 Å². The zero-order chi connectivity index (χ0) is 24.9. The predicted octanol–water partition coefficient (Wildman–Crippen LogP) is 8.04. The Morgan fingerprint density at radius 2 is 1.03 bits per heavy atom. The molecular formula is C28H17F5O2. The molecule has 0 radical (unpaired) electrons. The van der Waals surface area contributed by atoms with Crippen LogP contribution in [0.2, 0.25) is 0 Å². The van der Waals surface area contributed by atoms with Crippen molar-refractivity contribution < 1.29 is 31.4 Å². The molecule has 5 rings (SSSR count). The second kappa shape index (κ2) is 8.58. The first-order valence-corrected chi connectivity index (χ1v) is 10.6. The number of benzene rings is 5. The van der Waals surface area contributed by atoms with E-state index in [1.807, 2.05) is 0 Å². The summed E-state index contributed by atoms with van der Waals surface area (Å²) in [5.41, 5.74) is -0.470. The summed E-state index contributed by atoms with van der Waals surface area (Å²) in [7, 11) is 2.72. The maximum absolute atomic E-state index is 15.4. The SMILES string of the molecule is COc1ccc(-c2c3c(F)cccc3c(-c3c(F)cc(OC)cc3F)c3c(F)ccc(F)c23)cc1. The summed E-state index contributed by atoms with van der Waals surface area (Å²) < 4.78 is 86.8. The minimum absolute atomic E-state index is 0.0239. The number of halogens is 5. The Morgan fingerprint density at radius 3 is 1.60 bits per heavy atom. The lowest BCUT2D eigenvalue weighted by Gasteiger charge is -2.20. The lowest BCUT2D eigenvalue weighted by atomic mass is 9.85. The molecule has 0 unspecified atom stereocenters. The summed E-state index contributed by atoms with van der Waals surface area (Å²) in [6.07, 6.45) is 0. The van der Waals surface area contributed by atoms with Gasteiger partial charge in [-0.05, 0) is 41.3 Å². The van der Waals surface area contributed by atoms with Crippen LogP contribution in [0.4, 0.5) is 22.0 Å². The smallest absolute Gasteiger partial charge is 0.137 e. The number of hydrogen-bond acceptors (Lipinski definition) is 2. The third-order valence-corrected chi connectivity index (χ3v) is 6.02. The van der Waals surface area contributed by atoms with Crippen LogP contribution in [0.3, 0.4) is 0 Å². The first-order chi connectivity index (χ1) is 16.8. The van der Waals surface area contributed by atoms with Crippen LogP contribution in [0.25, 0.3) is 43.8 Å². The number of methoxy groups -OCH3 is 2. The predicted molar refractivity (Wildman–Crippen MR) is 125 cm³/mol. The Morgan fingerprint density at radius 1 is 0.486 bits per heavy atom. The molecule has 0 aliphatic rings. The highest BCUT2D eigenvalue weighted by atomic mass is 19.1. The fourth-order valence-electron chi connectivity index (χ4n) is 4.50. The van der Waals surface area contributed by atoms with E-state index in [1.54, 1.807) is 24.3 Å². The molecule has 176 valence electrons. The molecule has 0 bridgehead atoms. The summed E-state index contributed by atoms with van der Waals surface area (Å²) in [6, 6.07) is 13.9. The van der Waals surface area contributed by atoms with E-state index in [0.717, 1.165) is 30.3 Å². The molecule has 0 heterocycles. The van der Waals surface area contributed by atoms with Gasteiger partial charge in [-0.1, -0.05) is 24.3 Å². The van der Waals surface area contributed by atoms with Crippen LogP contribution >= 0.6 is 0 Å². The molecule has 0 aliphatic carbocycles. The lowest BCUT2D eigenvalue weighted by Crippen LogP contribution is -2.00. The van der Waals surface area contributed by atoms with Crippen molar-refractivity contribution in [3.8, 4) is 33.8 Å². The quantitative estimate of drug-likeness (QED) is 0.191. The van der Waals surface area contributed by atoms with Gasteiger partial charge in [-0.25, -0.2) is 22.0 Å². The second-order valence-corrected chi connectivity index (χ2v) is 7.89. The summed E-state index contributed by atoms with van der Waals surface area (Å²) >= 11 is 0. The van der Waals surface area contributed by atoms with Crippen molar-refractivity contribution in [3.05, 3.63) is 95.8 Å². The van der Waals surface area contributed by atoms with E-state index < -0.39 is 34.6 Å². The van der Waals surface area contributed by atoms with E-state index in [9.17, 15) is 0 Å². The van der Waals surface area contributed by atoms with Gasteiger partial charge in [-0.2, -0.15) is 0 Å². The molecule has 5 aromatic carbocycles. The minimum Gasteiger partial charge on any atom is -0.497 e. The molecule has 0 N–H and O–H groups in total. The third kappa shape index (κ3) is 3.55. The van der Waals surface area contributed by atoms with E-state index in [4.69, 9.17) is 9.47 Å². The van der Waals surface area contributed by atoms with Crippen molar-refractivity contribution >= 4 is 21.5 Å². The molecule has 5 aromatic rings. The fraction of sp³-hybridized carbons (Fsp3) is 0.0714. The van der Waals surface area contributed by atoms with E-state index >= 15 is 22.0 Å². The van der Waals surface area contributed by atoms with Gasteiger partial charge in [0, 0.05) is 39.4 Å². The van der Waals surface area contributed by atoms with Gasteiger partial charge in [0.2, 0.25) is 0 Å². The van der Waals surface area contributed by atoms with Crippen LogP contribution < -0.4 is 9.47 Å². The van der Waals surface area contributed by atoms with E-state index in [2.05, 4.69) is 0 Å². The largest absolute Gasteiger partial charge is 0.497 e. The van der Waals surface area contributed by atoms with Gasteiger partial charge in [0.25, 0.3) is 0 Å². The average molecular weight is 480 g/mol. The fourth-order valence-corrected chi connectivity index (χ4v) is 4.50. The van der Waals surface area contributed by atoms with Crippen LogP contribution in [-0.4, -0.2) is 14.2 Å². The van der Waals surface area contributed by atoms with Gasteiger partial charge >= 0.3 is 0 Å². The third-order valence-electron chi connectivity index (χ3n) is 6.02. The zero-order valence-electron chi connectivity index (χ0n) is 18.6. The van der Waals surface area contributed by atoms with Gasteiger partial charge in [0.05, 0.1) is 19.8 Å². The Hall–Kier alpha value is -4.13. The number of fused-ring (bicyclic) bond motifs is 2. The average Bonchev–Trinajstić information content (AvgIpc) is 2.85. The molecule has 2 nitrogen and oxygen atoms in total. The van der Waals surface area contributed by atoms with Crippen molar-refractivity contribution in [2.45, 2.75) is 0 Å². The summed E-state index contributed by atoms with van der Waals surface area (Å²) in [5.74, 6) is -4.24. The maximum atomic E-state index is 15.4. The van der Waals surface area contributed by atoms with Crippen molar-refractivity contribution in [1.82, 2.24) is 0 Å². The van der Waals surface area contributed by atoms with E-state index in [1.165, 1.54) is 26.4 Å². The molecule has 0 saturated heterocycles. The molecule has 7 heteroatoms. The molecule has 35 heavy (non-hydrogen) atoms. The molecular weight excluding hydrogens is 463 g/mol. The Bertz CT molecular complexity index is 1590. The number of rotatable bonds is 4. The summed E-state index contributed by atoms with van der Waals surface area (Å²) in [6.45, 7) is 0. The molecule has 0 aromatic heterocycles. The minimum atomic E-state index is -1.06. The molecule has 0 spiro atoms. The zero-order valence-corrected chi connectivity index (χ0v) is 18.6. The Kier molecular flexibility index (Phi) is 5.55. The van der Waals surface area contributed by atoms with Crippen LogP contribution in [0.15, 0.2) is 66.7 Å². The highest BCUT2D eigenvalue weighted by molar-refractivity contribution is 6.22. The highest BCUT2D eigenvalue weighted by Crippen LogP contribution is 2.47. The standard InChI is InChI=1S/C28H17F5O2/c1-34-15-8-6-14(7-9-15)23-24-17(4-3-5-18(24)29)25(28-20(31)11-10-19(30)27(23)28)26-21(32)12-16(35-2)13-22(26)33/h3-13H,1-2H3. The Labute approximate surface area is 197 Å². The topological polar surface area (TPSA) is 18.5 Å². The monoisotopic (exact) mass is 480 g/mol. The molecule has 0 amide bonds. The number of hydrogen-bond donors (Lipinski definition) is 0. The van der Waals surface area contributed by atoms with Crippen molar-refractivity contribution in [2.24, 2.45) is 0 Å². The van der Waals surface area contributed by atoms with Crippen LogP contribution in [-0.2, 0) is 0 Å². The van der Waals surface area contributed by atoms with E-state index in [-0.39, 0.29) is 38.4 Å². The van der Waals surface area contributed by atoms with Crippen molar-refractivity contribution in [3.63, 3.8) is 0 Å². The first kappa shape index (κ1) is 22.7. The van der Waals surface area contributed by atoms with E-state index in [0.29, 0.717) is 11.3 Å². The number of ether oxygens (including phenoxy) is 2. The Balaban J connectivity index is 2.05. The van der Waals surface area contributed by atoms with Crippen molar-refractivity contribution in [1.29, 1.82) is 0 Å². The first-order valence-electron chi connectivity index (χ1n) is 10.6. The molecule has 0 saturated carbocycles. The van der Waals surface area contributed by atoms with Crippen LogP contribution in [0.1, 0.15) is 0 Å². The summed E-state index contributed by atoms with van der Waals surface area (Å²) in [5, 5.41) is -0.732. The highest BCUT2D eigenvalue weighted by Gasteiger charge is 2.27. The van der Waals surface area contributed by atoms with Gasteiger partial charge in [0.15, 0.2) is 0 Å². The van der Waals surface area contributed by atoms with Crippen LogP contribution in [0.5, 0.6) is 11.5 Å². The molecule has 0 aliphatic heterocycles. The molecule has 0 fully saturated rings. The maximum Gasteiger partial charge on any atom is 0.137 e. The van der Waals surface area contributed by atoms with Gasteiger partial charge in [-0.3, -0.25) is 0 Å². The summed E-state index contributed by atoms with van der Waals surface area (Å²) in [4.78, 5) is 0. The lowest BCUT2D eigenvalue weighted by molar-refractivity contribution is 0.407. The van der Waals surface area contributed by atoms with Crippen LogP contribution in [0, 0.1) is 29.1 Å². The van der Waals surface area contributed by atoms with Crippen molar-refractivity contribution in [2.75, 3.05) is 14.2 Å².